The standard InChI is InChI=1S/C12H18N2O2S.C9H10O/c1-13-8-4-5-9-14-17-11-7-3-2-6-10(11)12(15)16;1-2-6-9-8(4-1)5-3-7-10-9/h2-3,6-7,13-14H,4-5,8-9H2,1H3,(H,15,16);1-2,4,6H,3,5,7H2. The molecule has 3 rings (SSSR count). The minimum absolute atomic E-state index is 0.347. The summed E-state index contributed by atoms with van der Waals surface area (Å²) in [7, 11) is 1.94. The number of nitrogens with one attached hydrogen (secondary N) is 2. The van der Waals surface area contributed by atoms with Gasteiger partial charge in [-0.2, -0.15) is 0 Å². The van der Waals surface area contributed by atoms with Crippen LogP contribution in [0.15, 0.2) is 53.4 Å². The lowest BCUT2D eigenvalue weighted by atomic mass is 10.1. The van der Waals surface area contributed by atoms with Crippen LogP contribution in [-0.2, 0) is 6.42 Å². The van der Waals surface area contributed by atoms with E-state index in [2.05, 4.69) is 22.2 Å². The van der Waals surface area contributed by atoms with Crippen LogP contribution in [-0.4, -0.2) is 37.8 Å². The number of benzene rings is 2. The Morgan fingerprint density at radius 1 is 1.11 bits per heavy atom. The number of hydrogen-bond donors (Lipinski definition) is 3. The summed E-state index contributed by atoms with van der Waals surface area (Å²) < 4.78 is 8.60. The maximum absolute atomic E-state index is 10.9. The summed E-state index contributed by atoms with van der Waals surface area (Å²) in [4.78, 5) is 11.7. The lowest BCUT2D eigenvalue weighted by molar-refractivity contribution is 0.0693. The van der Waals surface area contributed by atoms with Crippen molar-refractivity contribution in [3.8, 4) is 5.75 Å². The molecule has 146 valence electrons. The topological polar surface area (TPSA) is 70.6 Å². The van der Waals surface area contributed by atoms with E-state index in [1.165, 1.54) is 23.9 Å². The molecule has 0 radical (unpaired) electrons. The summed E-state index contributed by atoms with van der Waals surface area (Å²) >= 11 is 1.38. The average Bonchev–Trinajstić information content (AvgIpc) is 2.71. The Kier molecular flexibility index (Phi) is 9.76. The van der Waals surface area contributed by atoms with Gasteiger partial charge in [0.1, 0.15) is 5.75 Å². The number of rotatable bonds is 8. The normalized spacial score (nSPS) is 12.3. The van der Waals surface area contributed by atoms with E-state index in [9.17, 15) is 4.79 Å². The van der Waals surface area contributed by atoms with Crippen LogP contribution in [0.3, 0.4) is 0 Å². The van der Waals surface area contributed by atoms with Crippen molar-refractivity contribution < 1.29 is 14.6 Å². The quantitative estimate of drug-likeness (QED) is 0.469. The molecular formula is C21H28N2O3S. The van der Waals surface area contributed by atoms with Crippen LogP contribution in [0.5, 0.6) is 5.75 Å². The van der Waals surface area contributed by atoms with Crippen molar-refractivity contribution in [1.29, 1.82) is 0 Å². The van der Waals surface area contributed by atoms with Crippen molar-refractivity contribution >= 4 is 17.9 Å². The fourth-order valence-electron chi connectivity index (χ4n) is 2.66. The van der Waals surface area contributed by atoms with E-state index in [0.29, 0.717) is 5.56 Å². The van der Waals surface area contributed by atoms with Crippen molar-refractivity contribution in [3.05, 3.63) is 59.7 Å². The molecule has 0 spiro atoms. The maximum Gasteiger partial charge on any atom is 0.336 e. The van der Waals surface area contributed by atoms with Crippen LogP contribution < -0.4 is 14.8 Å². The van der Waals surface area contributed by atoms with Crippen LogP contribution in [0, 0.1) is 0 Å². The minimum atomic E-state index is -0.884. The monoisotopic (exact) mass is 388 g/mol. The fourth-order valence-corrected chi connectivity index (χ4v) is 3.47. The fraction of sp³-hybridized carbons (Fsp3) is 0.381. The molecule has 0 fully saturated rings. The van der Waals surface area contributed by atoms with Gasteiger partial charge in [0.2, 0.25) is 0 Å². The Bertz CT molecular complexity index is 684. The van der Waals surface area contributed by atoms with Crippen molar-refractivity contribution in [2.75, 3.05) is 26.7 Å². The number of ether oxygens (including phenoxy) is 1. The molecule has 6 heteroatoms. The van der Waals surface area contributed by atoms with Crippen LogP contribution in [0.1, 0.15) is 35.2 Å². The van der Waals surface area contributed by atoms with E-state index in [-0.39, 0.29) is 0 Å². The van der Waals surface area contributed by atoms with Crippen LogP contribution in [0.4, 0.5) is 0 Å². The van der Waals surface area contributed by atoms with Gasteiger partial charge >= 0.3 is 5.97 Å². The highest BCUT2D eigenvalue weighted by Crippen LogP contribution is 2.23. The average molecular weight is 389 g/mol. The summed E-state index contributed by atoms with van der Waals surface area (Å²) in [6, 6.07) is 15.3. The minimum Gasteiger partial charge on any atom is -0.493 e. The van der Waals surface area contributed by atoms with Crippen LogP contribution in [0.25, 0.3) is 0 Å². The van der Waals surface area contributed by atoms with Gasteiger partial charge in [-0.15, -0.1) is 0 Å². The number of unbranched alkanes of at least 4 members (excludes halogenated alkanes) is 1. The molecule has 1 aliphatic rings. The number of fused-ring (bicyclic) bond motifs is 1. The molecule has 0 bridgehead atoms. The molecule has 0 amide bonds. The number of carboxylic acids is 1. The van der Waals surface area contributed by atoms with Gasteiger partial charge in [0.25, 0.3) is 0 Å². The first-order valence-electron chi connectivity index (χ1n) is 9.29. The Morgan fingerprint density at radius 2 is 1.85 bits per heavy atom. The highest BCUT2D eigenvalue weighted by atomic mass is 32.2. The number of para-hydroxylation sites is 1. The van der Waals surface area contributed by atoms with Gasteiger partial charge in [-0.25, -0.2) is 4.79 Å². The highest BCUT2D eigenvalue weighted by molar-refractivity contribution is 7.97. The van der Waals surface area contributed by atoms with E-state index < -0.39 is 5.97 Å². The van der Waals surface area contributed by atoms with Gasteiger partial charge in [-0.3, -0.25) is 4.72 Å². The zero-order valence-electron chi connectivity index (χ0n) is 15.7. The van der Waals surface area contributed by atoms with Gasteiger partial charge in [-0.1, -0.05) is 30.3 Å². The number of carbonyl (C=O) groups is 1. The van der Waals surface area contributed by atoms with Gasteiger partial charge < -0.3 is 15.2 Å². The van der Waals surface area contributed by atoms with Crippen LogP contribution >= 0.6 is 11.9 Å². The Balaban J connectivity index is 0.000000219. The molecule has 0 aliphatic carbocycles. The highest BCUT2D eigenvalue weighted by Gasteiger charge is 2.09. The second kappa shape index (κ2) is 12.4. The molecule has 3 N–H and O–H groups in total. The molecule has 0 aromatic heterocycles. The number of aromatic carboxylic acids is 1. The van der Waals surface area contributed by atoms with Crippen molar-refractivity contribution in [2.24, 2.45) is 0 Å². The molecule has 2 aromatic carbocycles. The molecule has 1 aliphatic heterocycles. The number of carboxylic acid groups (broad SMARTS) is 1. The summed E-state index contributed by atoms with van der Waals surface area (Å²) in [6.45, 7) is 2.77. The molecule has 0 atom stereocenters. The maximum atomic E-state index is 10.9. The summed E-state index contributed by atoms with van der Waals surface area (Å²) in [6.07, 6.45) is 4.53. The lowest BCUT2D eigenvalue weighted by Crippen LogP contribution is -2.12. The zero-order chi connectivity index (χ0) is 19.3. The molecule has 5 nitrogen and oxygen atoms in total. The lowest BCUT2D eigenvalue weighted by Gasteiger charge is -2.15. The van der Waals surface area contributed by atoms with E-state index in [4.69, 9.17) is 9.84 Å². The first-order chi connectivity index (χ1) is 13.2. The Morgan fingerprint density at radius 3 is 2.63 bits per heavy atom. The van der Waals surface area contributed by atoms with Crippen LogP contribution in [0.2, 0.25) is 0 Å². The molecule has 2 aromatic rings. The zero-order valence-corrected chi connectivity index (χ0v) is 16.6. The predicted octanol–water partition coefficient (Wildman–Crippen LogP) is 3.99. The van der Waals surface area contributed by atoms with Gasteiger partial charge in [-0.05, 0) is 75.0 Å². The van der Waals surface area contributed by atoms with E-state index in [1.54, 1.807) is 12.1 Å². The largest absolute Gasteiger partial charge is 0.493 e. The van der Waals surface area contributed by atoms with Gasteiger partial charge in [0.05, 0.1) is 12.2 Å². The number of aryl methyl sites for hydroxylation is 1. The van der Waals surface area contributed by atoms with Crippen molar-refractivity contribution in [3.63, 3.8) is 0 Å². The Hall–Kier alpha value is -2.02. The van der Waals surface area contributed by atoms with E-state index in [0.717, 1.165) is 49.6 Å². The van der Waals surface area contributed by atoms with E-state index >= 15 is 0 Å². The third-order valence-corrected chi connectivity index (χ3v) is 5.00. The first-order valence-corrected chi connectivity index (χ1v) is 10.1. The third-order valence-electron chi connectivity index (χ3n) is 4.08. The molecular weight excluding hydrogens is 360 g/mol. The summed E-state index contributed by atoms with van der Waals surface area (Å²) in [5, 5.41) is 12.1. The molecule has 0 unspecified atom stereocenters. The van der Waals surface area contributed by atoms with Gasteiger partial charge in [0, 0.05) is 11.4 Å². The smallest absolute Gasteiger partial charge is 0.336 e. The third kappa shape index (κ3) is 7.62. The Labute approximate surface area is 165 Å². The van der Waals surface area contributed by atoms with E-state index in [1.807, 2.05) is 31.3 Å². The van der Waals surface area contributed by atoms with Gasteiger partial charge in [0.15, 0.2) is 0 Å². The van der Waals surface area contributed by atoms with Crippen molar-refractivity contribution in [2.45, 2.75) is 30.6 Å². The molecule has 27 heavy (non-hydrogen) atoms. The predicted molar refractivity (Wildman–Crippen MR) is 111 cm³/mol. The number of hydrogen-bond acceptors (Lipinski definition) is 5. The molecule has 0 saturated carbocycles. The second-order valence-electron chi connectivity index (χ2n) is 6.17. The first kappa shape index (κ1) is 21.3. The second-order valence-corrected chi connectivity index (χ2v) is 7.10. The SMILES string of the molecule is CNCCCCNSc1ccccc1C(=O)O.c1ccc2c(c1)CCCO2. The van der Waals surface area contributed by atoms with Crippen molar-refractivity contribution in [1.82, 2.24) is 10.0 Å². The summed E-state index contributed by atoms with van der Waals surface area (Å²) in [5.74, 6) is 0.193. The molecule has 0 saturated heterocycles. The molecule has 1 heterocycles. The summed E-state index contributed by atoms with van der Waals surface area (Å²) in [5.41, 5.74) is 1.70.